The first-order valence-electron chi connectivity index (χ1n) is 7.85. The molecule has 1 aromatic carbocycles. The highest BCUT2D eigenvalue weighted by Gasteiger charge is 2.06. The van der Waals surface area contributed by atoms with Gasteiger partial charge in [-0.2, -0.15) is 0 Å². The van der Waals surface area contributed by atoms with Gasteiger partial charge in [-0.25, -0.2) is 0 Å². The lowest BCUT2D eigenvalue weighted by Crippen LogP contribution is -2.19. The van der Waals surface area contributed by atoms with E-state index < -0.39 is 0 Å². The van der Waals surface area contributed by atoms with Crippen LogP contribution in [-0.4, -0.2) is 11.1 Å². The molecule has 0 bridgehead atoms. The minimum Gasteiger partial charge on any atom is -0.347 e. The molecule has 0 aliphatic carbocycles. The molecule has 2 heteroatoms. The summed E-state index contributed by atoms with van der Waals surface area (Å²) in [6.45, 7) is 12.2. The molecule has 0 aliphatic rings. The van der Waals surface area contributed by atoms with Crippen molar-refractivity contribution in [2.75, 3.05) is 6.54 Å². The third kappa shape index (κ3) is 3.86. The average molecular weight is 272 g/mol. The smallest absolute Gasteiger partial charge is 0.0483 e. The van der Waals surface area contributed by atoms with Gasteiger partial charge < -0.3 is 9.88 Å². The molecule has 20 heavy (non-hydrogen) atoms. The van der Waals surface area contributed by atoms with Crippen molar-refractivity contribution >= 4 is 10.9 Å². The second kappa shape index (κ2) is 6.94. The van der Waals surface area contributed by atoms with Crippen LogP contribution in [0, 0.1) is 11.8 Å². The van der Waals surface area contributed by atoms with Gasteiger partial charge in [-0.15, -0.1) is 0 Å². The Labute approximate surface area is 123 Å². The molecular formula is C18H28N2. The van der Waals surface area contributed by atoms with Gasteiger partial charge in [-0.3, -0.25) is 0 Å². The molecule has 0 atom stereocenters. The standard InChI is InChI=1S/C18H28N2/c1-14(2)8-10-20-11-9-17-16(6-5-7-18(17)20)13-19-12-15(3)4/h5-7,9,11,14-15,19H,8,10,12-13H2,1-4H3. The maximum Gasteiger partial charge on any atom is 0.0483 e. The highest BCUT2D eigenvalue weighted by Crippen LogP contribution is 2.21. The average Bonchev–Trinajstić information content (AvgIpc) is 2.80. The molecule has 110 valence electrons. The zero-order valence-corrected chi connectivity index (χ0v) is 13.3. The van der Waals surface area contributed by atoms with E-state index in [1.165, 1.54) is 22.9 Å². The number of aromatic nitrogens is 1. The van der Waals surface area contributed by atoms with Gasteiger partial charge in [-0.05, 0) is 42.5 Å². The number of benzene rings is 1. The Hall–Kier alpha value is -1.28. The van der Waals surface area contributed by atoms with Crippen molar-refractivity contribution in [2.45, 2.75) is 47.2 Å². The van der Waals surface area contributed by atoms with Crippen LogP contribution in [0.3, 0.4) is 0 Å². The normalized spacial score (nSPS) is 11.9. The van der Waals surface area contributed by atoms with Crippen molar-refractivity contribution in [3.63, 3.8) is 0 Å². The number of hydrogen-bond donors (Lipinski definition) is 1. The molecule has 2 rings (SSSR count). The monoisotopic (exact) mass is 272 g/mol. The quantitative estimate of drug-likeness (QED) is 0.789. The molecule has 1 N–H and O–H groups in total. The van der Waals surface area contributed by atoms with Gasteiger partial charge in [0, 0.05) is 30.2 Å². The van der Waals surface area contributed by atoms with Crippen LogP contribution in [0.2, 0.25) is 0 Å². The Morgan fingerprint density at radius 3 is 2.55 bits per heavy atom. The van der Waals surface area contributed by atoms with Crippen LogP contribution in [0.4, 0.5) is 0 Å². The van der Waals surface area contributed by atoms with E-state index in [2.05, 4.69) is 68.0 Å². The summed E-state index contributed by atoms with van der Waals surface area (Å²) in [4.78, 5) is 0. The molecule has 0 unspecified atom stereocenters. The maximum atomic E-state index is 3.54. The van der Waals surface area contributed by atoms with Crippen LogP contribution in [-0.2, 0) is 13.1 Å². The minimum absolute atomic E-state index is 0.699. The Kier molecular flexibility index (Phi) is 5.24. The molecule has 0 spiro atoms. The molecule has 0 saturated heterocycles. The molecule has 0 fully saturated rings. The Morgan fingerprint density at radius 2 is 1.85 bits per heavy atom. The number of rotatable bonds is 7. The summed E-state index contributed by atoms with van der Waals surface area (Å²) in [6, 6.07) is 8.92. The van der Waals surface area contributed by atoms with E-state index in [4.69, 9.17) is 0 Å². The van der Waals surface area contributed by atoms with Gasteiger partial charge >= 0.3 is 0 Å². The first-order chi connectivity index (χ1) is 9.58. The summed E-state index contributed by atoms with van der Waals surface area (Å²) >= 11 is 0. The fourth-order valence-electron chi connectivity index (χ4n) is 2.53. The lowest BCUT2D eigenvalue weighted by molar-refractivity contribution is 0.524. The maximum absolute atomic E-state index is 3.54. The first kappa shape index (κ1) is 15.1. The third-order valence-corrected chi connectivity index (χ3v) is 3.72. The minimum atomic E-state index is 0.699. The van der Waals surface area contributed by atoms with Crippen molar-refractivity contribution in [1.29, 1.82) is 0 Å². The van der Waals surface area contributed by atoms with Crippen LogP contribution in [0.1, 0.15) is 39.7 Å². The molecule has 0 amide bonds. The van der Waals surface area contributed by atoms with Gasteiger partial charge in [0.05, 0.1) is 0 Å². The zero-order chi connectivity index (χ0) is 14.5. The highest BCUT2D eigenvalue weighted by molar-refractivity contribution is 5.83. The second-order valence-corrected chi connectivity index (χ2v) is 6.57. The van der Waals surface area contributed by atoms with Crippen LogP contribution in [0.25, 0.3) is 10.9 Å². The van der Waals surface area contributed by atoms with Crippen LogP contribution in [0.5, 0.6) is 0 Å². The van der Waals surface area contributed by atoms with Crippen LogP contribution < -0.4 is 5.32 Å². The molecule has 1 aromatic heterocycles. The molecule has 1 heterocycles. The van der Waals surface area contributed by atoms with E-state index in [-0.39, 0.29) is 0 Å². The van der Waals surface area contributed by atoms with Crippen molar-refractivity contribution in [3.05, 3.63) is 36.0 Å². The molecule has 0 radical (unpaired) electrons. The SMILES string of the molecule is CC(C)CCn1ccc2c(CNCC(C)C)cccc21. The number of aryl methyl sites for hydroxylation is 1. The van der Waals surface area contributed by atoms with E-state index in [0.29, 0.717) is 5.92 Å². The summed E-state index contributed by atoms with van der Waals surface area (Å²) in [5.41, 5.74) is 2.78. The van der Waals surface area contributed by atoms with Gasteiger partial charge in [-0.1, -0.05) is 39.8 Å². The third-order valence-electron chi connectivity index (χ3n) is 3.72. The zero-order valence-electron chi connectivity index (χ0n) is 13.3. The summed E-state index contributed by atoms with van der Waals surface area (Å²) in [7, 11) is 0. The topological polar surface area (TPSA) is 17.0 Å². The molecule has 2 nitrogen and oxygen atoms in total. The van der Waals surface area contributed by atoms with Gasteiger partial charge in [0.15, 0.2) is 0 Å². The lowest BCUT2D eigenvalue weighted by atomic mass is 10.1. The first-order valence-corrected chi connectivity index (χ1v) is 7.85. The Bertz CT molecular complexity index is 537. The van der Waals surface area contributed by atoms with Gasteiger partial charge in [0.25, 0.3) is 0 Å². The highest BCUT2D eigenvalue weighted by atomic mass is 14.9. The van der Waals surface area contributed by atoms with E-state index in [9.17, 15) is 0 Å². The second-order valence-electron chi connectivity index (χ2n) is 6.57. The van der Waals surface area contributed by atoms with E-state index in [1.807, 2.05) is 0 Å². The number of nitrogens with zero attached hydrogens (tertiary/aromatic N) is 1. The Balaban J connectivity index is 2.12. The molecule has 0 saturated carbocycles. The van der Waals surface area contributed by atoms with Crippen molar-refractivity contribution in [2.24, 2.45) is 11.8 Å². The molecule has 2 aromatic rings. The Morgan fingerprint density at radius 1 is 1.05 bits per heavy atom. The van der Waals surface area contributed by atoms with Crippen molar-refractivity contribution < 1.29 is 0 Å². The summed E-state index contributed by atoms with van der Waals surface area (Å²) < 4.78 is 2.39. The number of nitrogens with one attached hydrogen (secondary N) is 1. The molecule has 0 aliphatic heterocycles. The largest absolute Gasteiger partial charge is 0.347 e. The predicted octanol–water partition coefficient (Wildman–Crippen LogP) is 4.43. The lowest BCUT2D eigenvalue weighted by Gasteiger charge is -2.10. The van der Waals surface area contributed by atoms with E-state index in [0.717, 1.165) is 25.6 Å². The summed E-state index contributed by atoms with van der Waals surface area (Å²) in [5.74, 6) is 1.45. The fourth-order valence-corrected chi connectivity index (χ4v) is 2.53. The predicted molar refractivity (Wildman–Crippen MR) is 87.9 cm³/mol. The van der Waals surface area contributed by atoms with Gasteiger partial charge in [0.1, 0.15) is 0 Å². The molecular weight excluding hydrogens is 244 g/mol. The van der Waals surface area contributed by atoms with Gasteiger partial charge in [0.2, 0.25) is 0 Å². The van der Waals surface area contributed by atoms with Crippen molar-refractivity contribution in [3.8, 4) is 0 Å². The summed E-state index contributed by atoms with van der Waals surface area (Å²) in [5, 5.41) is 4.94. The summed E-state index contributed by atoms with van der Waals surface area (Å²) in [6.07, 6.45) is 3.47. The van der Waals surface area contributed by atoms with E-state index in [1.54, 1.807) is 0 Å². The van der Waals surface area contributed by atoms with Crippen LogP contribution in [0.15, 0.2) is 30.5 Å². The number of hydrogen-bond acceptors (Lipinski definition) is 1. The van der Waals surface area contributed by atoms with E-state index >= 15 is 0 Å². The van der Waals surface area contributed by atoms with Crippen molar-refractivity contribution in [1.82, 2.24) is 9.88 Å². The fraction of sp³-hybridized carbons (Fsp3) is 0.556. The number of fused-ring (bicyclic) bond motifs is 1. The van der Waals surface area contributed by atoms with Crippen LogP contribution >= 0.6 is 0 Å².